The van der Waals surface area contributed by atoms with E-state index < -0.39 is 0 Å². The minimum atomic E-state index is 0.135. The van der Waals surface area contributed by atoms with Crippen LogP contribution in [0, 0.1) is 0 Å². The molecule has 4 heteroatoms. The van der Waals surface area contributed by atoms with E-state index in [2.05, 4.69) is 16.4 Å². The Morgan fingerprint density at radius 3 is 2.75 bits per heavy atom. The van der Waals surface area contributed by atoms with Crippen LogP contribution in [0.2, 0.25) is 0 Å². The van der Waals surface area contributed by atoms with Gasteiger partial charge in [0.15, 0.2) is 0 Å². The van der Waals surface area contributed by atoms with Crippen LogP contribution in [-0.4, -0.2) is 24.5 Å². The van der Waals surface area contributed by atoms with Crippen LogP contribution in [0.4, 0.5) is 0 Å². The molecule has 0 atom stereocenters. The quantitative estimate of drug-likeness (QED) is 0.679. The van der Waals surface area contributed by atoms with E-state index in [1.54, 1.807) is 13.3 Å². The lowest BCUT2D eigenvalue weighted by molar-refractivity contribution is -0.121. The molecule has 1 amide bonds. The van der Waals surface area contributed by atoms with E-state index in [0.717, 1.165) is 44.4 Å². The Bertz CT molecular complexity index is 614. The molecule has 0 saturated heterocycles. The maximum atomic E-state index is 11.8. The molecule has 1 aromatic carbocycles. The van der Waals surface area contributed by atoms with Gasteiger partial charge in [-0.1, -0.05) is 24.3 Å². The highest BCUT2D eigenvalue weighted by molar-refractivity contribution is 5.75. The zero-order chi connectivity index (χ0) is 17.0. The summed E-state index contributed by atoms with van der Waals surface area (Å²) in [5.74, 6) is 1.08. The molecule has 0 saturated carbocycles. The second kappa shape index (κ2) is 10.4. The highest BCUT2D eigenvalue weighted by Crippen LogP contribution is 2.19. The molecule has 0 bridgehead atoms. The van der Waals surface area contributed by atoms with Gasteiger partial charge < -0.3 is 10.1 Å². The first-order valence-electron chi connectivity index (χ1n) is 8.57. The number of ether oxygens (including phenoxy) is 1. The predicted octanol–water partition coefficient (Wildman–Crippen LogP) is 3.55. The monoisotopic (exact) mass is 326 g/mol. The molecular weight excluding hydrogens is 300 g/mol. The molecule has 128 valence electrons. The zero-order valence-electron chi connectivity index (χ0n) is 14.3. The summed E-state index contributed by atoms with van der Waals surface area (Å²) >= 11 is 0. The van der Waals surface area contributed by atoms with Gasteiger partial charge in [0, 0.05) is 25.4 Å². The third kappa shape index (κ3) is 6.41. The lowest BCUT2D eigenvalue weighted by Gasteiger charge is -2.08. The molecule has 0 unspecified atom stereocenters. The number of nitrogens with zero attached hydrogens (tertiary/aromatic N) is 1. The van der Waals surface area contributed by atoms with Crippen molar-refractivity contribution in [3.8, 4) is 5.75 Å². The first-order valence-corrected chi connectivity index (χ1v) is 8.57. The van der Waals surface area contributed by atoms with Crippen molar-refractivity contribution in [2.75, 3.05) is 13.7 Å². The molecule has 2 rings (SSSR count). The fourth-order valence-electron chi connectivity index (χ4n) is 2.67. The normalized spacial score (nSPS) is 10.4. The van der Waals surface area contributed by atoms with Crippen LogP contribution in [0.25, 0.3) is 0 Å². The highest BCUT2D eigenvalue weighted by atomic mass is 16.5. The number of hydrogen-bond acceptors (Lipinski definition) is 3. The second-order valence-electron chi connectivity index (χ2n) is 5.83. The Morgan fingerprint density at radius 1 is 1.08 bits per heavy atom. The van der Waals surface area contributed by atoms with E-state index >= 15 is 0 Å². The summed E-state index contributed by atoms with van der Waals surface area (Å²) in [7, 11) is 1.70. The van der Waals surface area contributed by atoms with Gasteiger partial charge in [-0.3, -0.25) is 9.78 Å². The standard InChI is InChI=1S/C20H26N2O2/c1-24-19-12-3-2-10-18(19)11-4-5-15-22-20(23)13-6-8-17-9-7-14-21-16-17/h2-3,7,9-10,12,14,16H,4-6,8,11,13,15H2,1H3,(H,22,23). The Kier molecular flexibility index (Phi) is 7.81. The van der Waals surface area contributed by atoms with E-state index in [0.29, 0.717) is 6.42 Å². The number of carbonyl (C=O) groups is 1. The molecule has 1 aromatic heterocycles. The number of rotatable bonds is 10. The van der Waals surface area contributed by atoms with Crippen molar-refractivity contribution < 1.29 is 9.53 Å². The van der Waals surface area contributed by atoms with Gasteiger partial charge in [0.05, 0.1) is 7.11 Å². The number of benzene rings is 1. The van der Waals surface area contributed by atoms with E-state index in [1.165, 1.54) is 11.1 Å². The van der Waals surface area contributed by atoms with Gasteiger partial charge in [-0.05, 0) is 55.4 Å². The molecule has 0 aliphatic heterocycles. The Balaban J connectivity index is 1.54. The number of carbonyl (C=O) groups excluding carboxylic acids is 1. The van der Waals surface area contributed by atoms with E-state index in [9.17, 15) is 4.79 Å². The van der Waals surface area contributed by atoms with Crippen molar-refractivity contribution >= 4 is 5.91 Å². The lowest BCUT2D eigenvalue weighted by atomic mass is 10.1. The summed E-state index contributed by atoms with van der Waals surface area (Å²) in [6.07, 6.45) is 8.94. The average Bonchev–Trinajstić information content (AvgIpc) is 2.62. The minimum absolute atomic E-state index is 0.135. The Labute approximate surface area is 144 Å². The van der Waals surface area contributed by atoms with Crippen molar-refractivity contribution in [3.05, 3.63) is 59.9 Å². The number of unbranched alkanes of at least 4 members (excludes halogenated alkanes) is 1. The summed E-state index contributed by atoms with van der Waals surface area (Å²) in [4.78, 5) is 15.9. The first kappa shape index (κ1) is 18.0. The van der Waals surface area contributed by atoms with Crippen molar-refractivity contribution in [2.45, 2.75) is 38.5 Å². The highest BCUT2D eigenvalue weighted by Gasteiger charge is 2.03. The molecular formula is C20H26N2O2. The molecule has 0 fully saturated rings. The number of aromatic nitrogens is 1. The largest absolute Gasteiger partial charge is 0.496 e. The van der Waals surface area contributed by atoms with Crippen LogP contribution in [0.3, 0.4) is 0 Å². The number of para-hydroxylation sites is 1. The summed E-state index contributed by atoms with van der Waals surface area (Å²) in [6, 6.07) is 12.1. The van der Waals surface area contributed by atoms with Crippen molar-refractivity contribution in [1.82, 2.24) is 10.3 Å². The van der Waals surface area contributed by atoms with Gasteiger partial charge in [-0.2, -0.15) is 0 Å². The van der Waals surface area contributed by atoms with Gasteiger partial charge in [0.1, 0.15) is 5.75 Å². The number of pyridine rings is 1. The van der Waals surface area contributed by atoms with Crippen LogP contribution < -0.4 is 10.1 Å². The molecule has 1 N–H and O–H groups in total. The third-order valence-corrected chi connectivity index (χ3v) is 3.98. The second-order valence-corrected chi connectivity index (χ2v) is 5.83. The van der Waals surface area contributed by atoms with Crippen LogP contribution >= 0.6 is 0 Å². The van der Waals surface area contributed by atoms with Gasteiger partial charge in [0.2, 0.25) is 5.91 Å². The molecule has 2 aromatic rings. The minimum Gasteiger partial charge on any atom is -0.496 e. The average molecular weight is 326 g/mol. The number of hydrogen-bond donors (Lipinski definition) is 1. The maximum absolute atomic E-state index is 11.8. The molecule has 4 nitrogen and oxygen atoms in total. The fraction of sp³-hybridized carbons (Fsp3) is 0.400. The smallest absolute Gasteiger partial charge is 0.220 e. The topological polar surface area (TPSA) is 51.2 Å². The molecule has 0 radical (unpaired) electrons. The maximum Gasteiger partial charge on any atom is 0.220 e. The molecule has 0 aliphatic rings. The number of nitrogens with one attached hydrogen (secondary N) is 1. The van der Waals surface area contributed by atoms with Crippen LogP contribution in [0.1, 0.15) is 36.8 Å². The Hall–Kier alpha value is -2.36. The number of methoxy groups -OCH3 is 1. The SMILES string of the molecule is COc1ccccc1CCCCNC(=O)CCCc1cccnc1. The van der Waals surface area contributed by atoms with Crippen molar-refractivity contribution in [3.63, 3.8) is 0 Å². The van der Waals surface area contributed by atoms with Crippen LogP contribution in [0.5, 0.6) is 5.75 Å². The summed E-state index contributed by atoms with van der Waals surface area (Å²) in [5.41, 5.74) is 2.41. The summed E-state index contributed by atoms with van der Waals surface area (Å²) in [6.45, 7) is 0.737. The van der Waals surface area contributed by atoms with Crippen molar-refractivity contribution in [2.24, 2.45) is 0 Å². The first-order chi connectivity index (χ1) is 11.8. The number of amides is 1. The molecule has 0 aliphatic carbocycles. The van der Waals surface area contributed by atoms with Crippen LogP contribution in [0.15, 0.2) is 48.8 Å². The zero-order valence-corrected chi connectivity index (χ0v) is 14.3. The fourth-order valence-corrected chi connectivity index (χ4v) is 2.67. The number of aryl methyl sites for hydroxylation is 2. The molecule has 24 heavy (non-hydrogen) atoms. The Morgan fingerprint density at radius 2 is 1.96 bits per heavy atom. The lowest BCUT2D eigenvalue weighted by Crippen LogP contribution is -2.24. The van der Waals surface area contributed by atoms with Crippen molar-refractivity contribution in [1.29, 1.82) is 0 Å². The van der Waals surface area contributed by atoms with Crippen LogP contribution in [-0.2, 0) is 17.6 Å². The molecule has 0 spiro atoms. The van der Waals surface area contributed by atoms with E-state index in [1.807, 2.05) is 36.5 Å². The van der Waals surface area contributed by atoms with E-state index in [-0.39, 0.29) is 5.91 Å². The van der Waals surface area contributed by atoms with Gasteiger partial charge in [-0.15, -0.1) is 0 Å². The summed E-state index contributed by atoms with van der Waals surface area (Å²) in [5, 5.41) is 3.00. The van der Waals surface area contributed by atoms with Gasteiger partial charge in [-0.25, -0.2) is 0 Å². The molecule has 1 heterocycles. The van der Waals surface area contributed by atoms with Gasteiger partial charge >= 0.3 is 0 Å². The van der Waals surface area contributed by atoms with E-state index in [4.69, 9.17) is 4.74 Å². The summed E-state index contributed by atoms with van der Waals surface area (Å²) < 4.78 is 5.35. The predicted molar refractivity (Wildman–Crippen MR) is 96.1 cm³/mol. The third-order valence-electron chi connectivity index (χ3n) is 3.98. The van der Waals surface area contributed by atoms with Gasteiger partial charge in [0.25, 0.3) is 0 Å².